The van der Waals surface area contributed by atoms with Gasteiger partial charge in [-0.1, -0.05) is 19.9 Å². The molecule has 0 saturated carbocycles. The first-order valence-corrected chi connectivity index (χ1v) is 9.60. The fourth-order valence-electron chi connectivity index (χ4n) is 2.15. The zero-order valence-corrected chi connectivity index (χ0v) is 17.7. The van der Waals surface area contributed by atoms with E-state index >= 15 is 0 Å². The molecule has 0 aliphatic rings. The summed E-state index contributed by atoms with van der Waals surface area (Å²) in [5.41, 5.74) is 0.650. The maximum atomic E-state index is 12.4. The highest BCUT2D eigenvalue weighted by molar-refractivity contribution is 9.10. The van der Waals surface area contributed by atoms with Crippen molar-refractivity contribution < 1.29 is 28.5 Å². The molecule has 0 heterocycles. The van der Waals surface area contributed by atoms with Gasteiger partial charge in [0, 0.05) is 7.11 Å². The van der Waals surface area contributed by atoms with Gasteiger partial charge >= 0.3 is 11.9 Å². The monoisotopic (exact) mass is 450 g/mol. The fraction of sp³-hybridized carbons (Fsp3) is 0.333. The van der Waals surface area contributed by atoms with Gasteiger partial charge in [-0.15, -0.1) is 0 Å². The van der Waals surface area contributed by atoms with Gasteiger partial charge in [0.2, 0.25) is 0 Å². The van der Waals surface area contributed by atoms with Crippen molar-refractivity contribution in [1.82, 2.24) is 0 Å². The number of rotatable bonds is 9. The smallest absolute Gasteiger partial charge is 0.343 e. The van der Waals surface area contributed by atoms with Crippen molar-refractivity contribution in [2.24, 2.45) is 5.92 Å². The Bertz CT molecular complexity index is 818. The van der Waals surface area contributed by atoms with Crippen molar-refractivity contribution in [1.29, 1.82) is 0 Å². The summed E-state index contributed by atoms with van der Waals surface area (Å²) < 4.78 is 21.6. The Morgan fingerprint density at radius 3 is 2.43 bits per heavy atom. The lowest BCUT2D eigenvalue weighted by molar-refractivity contribution is 0.0387. The molecule has 0 spiro atoms. The van der Waals surface area contributed by atoms with Crippen LogP contribution in [0.5, 0.6) is 11.5 Å². The van der Waals surface area contributed by atoms with Gasteiger partial charge in [0.05, 0.1) is 28.8 Å². The van der Waals surface area contributed by atoms with Crippen molar-refractivity contribution in [3.63, 3.8) is 0 Å². The van der Waals surface area contributed by atoms with E-state index < -0.39 is 11.9 Å². The second kappa shape index (κ2) is 10.8. The lowest BCUT2D eigenvalue weighted by Crippen LogP contribution is -2.12. The molecule has 0 aliphatic carbocycles. The highest BCUT2D eigenvalue weighted by Gasteiger charge is 2.14. The molecule has 0 amide bonds. The van der Waals surface area contributed by atoms with Crippen LogP contribution >= 0.6 is 15.9 Å². The van der Waals surface area contributed by atoms with Crippen LogP contribution < -0.4 is 9.47 Å². The molecule has 28 heavy (non-hydrogen) atoms. The van der Waals surface area contributed by atoms with E-state index in [-0.39, 0.29) is 12.4 Å². The molecule has 2 aromatic carbocycles. The second-order valence-corrected chi connectivity index (χ2v) is 7.25. The van der Waals surface area contributed by atoms with Crippen LogP contribution in [0.3, 0.4) is 0 Å². The third-order valence-electron chi connectivity index (χ3n) is 3.54. The molecule has 0 unspecified atom stereocenters. The van der Waals surface area contributed by atoms with Crippen LogP contribution in [-0.2, 0) is 9.47 Å². The predicted octanol–water partition coefficient (Wildman–Crippen LogP) is 4.51. The maximum absolute atomic E-state index is 12.4. The summed E-state index contributed by atoms with van der Waals surface area (Å²) in [5.74, 6) is 0.254. The SMILES string of the molecule is COCCOC(=O)c1cccc(OC(=O)c2ccc(OCC(C)C)c(Br)c2)c1. The first-order valence-electron chi connectivity index (χ1n) is 8.81. The molecule has 0 saturated heterocycles. The minimum absolute atomic E-state index is 0.151. The van der Waals surface area contributed by atoms with Crippen molar-refractivity contribution in [2.45, 2.75) is 13.8 Å². The molecule has 0 atom stereocenters. The summed E-state index contributed by atoms with van der Waals surface area (Å²) in [7, 11) is 1.52. The number of benzene rings is 2. The van der Waals surface area contributed by atoms with Crippen molar-refractivity contribution in [3.8, 4) is 11.5 Å². The van der Waals surface area contributed by atoms with Gasteiger partial charge in [0.1, 0.15) is 18.1 Å². The van der Waals surface area contributed by atoms with Crippen LogP contribution in [0.25, 0.3) is 0 Å². The Kier molecular flexibility index (Phi) is 8.47. The van der Waals surface area contributed by atoms with Gasteiger partial charge in [-0.2, -0.15) is 0 Å². The third-order valence-corrected chi connectivity index (χ3v) is 4.16. The van der Waals surface area contributed by atoms with E-state index in [9.17, 15) is 9.59 Å². The summed E-state index contributed by atoms with van der Waals surface area (Å²) in [6.07, 6.45) is 0. The summed E-state index contributed by atoms with van der Waals surface area (Å²) in [6.45, 7) is 5.16. The number of carbonyl (C=O) groups excluding carboxylic acids is 2. The lowest BCUT2D eigenvalue weighted by Gasteiger charge is -2.11. The van der Waals surface area contributed by atoms with Crippen LogP contribution in [0, 0.1) is 5.92 Å². The van der Waals surface area contributed by atoms with Crippen molar-refractivity contribution >= 4 is 27.9 Å². The van der Waals surface area contributed by atoms with E-state index in [0.717, 1.165) is 0 Å². The molecule has 2 aromatic rings. The van der Waals surface area contributed by atoms with Gasteiger partial charge < -0.3 is 18.9 Å². The molecule has 7 heteroatoms. The predicted molar refractivity (Wildman–Crippen MR) is 108 cm³/mol. The van der Waals surface area contributed by atoms with E-state index in [2.05, 4.69) is 29.8 Å². The van der Waals surface area contributed by atoms with Crippen LogP contribution in [0.1, 0.15) is 34.6 Å². The molecular formula is C21H23BrO6. The number of esters is 2. The number of methoxy groups -OCH3 is 1. The van der Waals surface area contributed by atoms with E-state index in [1.807, 2.05) is 0 Å². The molecule has 0 N–H and O–H groups in total. The van der Waals surface area contributed by atoms with Crippen LogP contribution in [-0.4, -0.2) is 38.9 Å². The van der Waals surface area contributed by atoms with E-state index in [1.165, 1.54) is 13.2 Å². The van der Waals surface area contributed by atoms with E-state index in [4.69, 9.17) is 18.9 Å². The Balaban J connectivity index is 2.03. The van der Waals surface area contributed by atoms with Crippen LogP contribution in [0.15, 0.2) is 46.9 Å². The summed E-state index contributed by atoms with van der Waals surface area (Å²) in [4.78, 5) is 24.4. The standard InChI is InChI=1S/C21H23BrO6/c1-14(2)13-27-19-8-7-16(12-18(19)22)21(24)28-17-6-4-5-15(11-17)20(23)26-10-9-25-3/h4-8,11-12,14H,9-10,13H2,1-3H3. The molecule has 2 rings (SSSR count). The zero-order chi connectivity index (χ0) is 20.5. The van der Waals surface area contributed by atoms with Gasteiger partial charge in [-0.3, -0.25) is 0 Å². The molecule has 6 nitrogen and oxygen atoms in total. The Hall–Kier alpha value is -2.38. The quantitative estimate of drug-likeness (QED) is 0.318. The molecule has 150 valence electrons. The number of hydrogen-bond donors (Lipinski definition) is 0. The Labute approximate surface area is 172 Å². The number of ether oxygens (including phenoxy) is 4. The van der Waals surface area contributed by atoms with Gasteiger partial charge in [0.25, 0.3) is 0 Å². The highest BCUT2D eigenvalue weighted by atomic mass is 79.9. The highest BCUT2D eigenvalue weighted by Crippen LogP contribution is 2.27. The average molecular weight is 451 g/mol. The lowest BCUT2D eigenvalue weighted by atomic mass is 10.2. The number of carbonyl (C=O) groups is 2. The van der Waals surface area contributed by atoms with E-state index in [0.29, 0.717) is 40.5 Å². The summed E-state index contributed by atoms with van der Waals surface area (Å²) >= 11 is 3.41. The number of hydrogen-bond acceptors (Lipinski definition) is 6. The third kappa shape index (κ3) is 6.65. The van der Waals surface area contributed by atoms with Gasteiger partial charge in [-0.05, 0) is 58.2 Å². The minimum Gasteiger partial charge on any atom is -0.492 e. The van der Waals surface area contributed by atoms with Crippen LogP contribution in [0.4, 0.5) is 0 Å². The summed E-state index contributed by atoms with van der Waals surface area (Å²) in [5, 5.41) is 0. The zero-order valence-electron chi connectivity index (χ0n) is 16.1. The number of halogens is 1. The fourth-order valence-corrected chi connectivity index (χ4v) is 2.65. The normalized spacial score (nSPS) is 10.6. The van der Waals surface area contributed by atoms with Gasteiger partial charge in [-0.25, -0.2) is 9.59 Å². The molecule has 0 aromatic heterocycles. The molecule has 0 radical (unpaired) electrons. The van der Waals surface area contributed by atoms with Gasteiger partial charge in [0.15, 0.2) is 0 Å². The first kappa shape index (κ1) is 21.9. The Morgan fingerprint density at radius 2 is 1.75 bits per heavy atom. The molecular weight excluding hydrogens is 428 g/mol. The molecule has 0 fully saturated rings. The van der Waals surface area contributed by atoms with E-state index in [1.54, 1.807) is 36.4 Å². The second-order valence-electron chi connectivity index (χ2n) is 6.40. The molecule has 0 bridgehead atoms. The van der Waals surface area contributed by atoms with Crippen molar-refractivity contribution in [3.05, 3.63) is 58.1 Å². The largest absolute Gasteiger partial charge is 0.492 e. The first-order chi connectivity index (χ1) is 13.4. The topological polar surface area (TPSA) is 71.1 Å². The average Bonchev–Trinajstić information content (AvgIpc) is 2.67. The van der Waals surface area contributed by atoms with Crippen molar-refractivity contribution in [2.75, 3.05) is 26.9 Å². The molecule has 0 aliphatic heterocycles. The summed E-state index contributed by atoms with van der Waals surface area (Å²) in [6, 6.07) is 11.2. The minimum atomic E-state index is -0.541. The Morgan fingerprint density at radius 1 is 1.00 bits per heavy atom. The van der Waals surface area contributed by atoms with Crippen LogP contribution in [0.2, 0.25) is 0 Å². The maximum Gasteiger partial charge on any atom is 0.343 e.